The Morgan fingerprint density at radius 1 is 1.18 bits per heavy atom. The van der Waals surface area contributed by atoms with Gasteiger partial charge in [-0.05, 0) is 31.5 Å². The molecule has 2 aliphatic heterocycles. The van der Waals surface area contributed by atoms with Crippen LogP contribution in [0.2, 0.25) is 0 Å². The number of nitrogens with zero attached hydrogens (tertiary/aromatic N) is 5. The van der Waals surface area contributed by atoms with Crippen LogP contribution >= 0.6 is 24.0 Å². The SMILES string of the molecule is CCCCn1c(N2CCN(CC)CC2)c(/C=C2/SC(=S)N(CCOC)C2=O)c(C)c(C#N)c1=O. The van der Waals surface area contributed by atoms with Crippen LogP contribution in [0.15, 0.2) is 9.70 Å². The number of nitriles is 1. The van der Waals surface area contributed by atoms with Crippen molar-refractivity contribution in [3.63, 3.8) is 0 Å². The number of thiocarbonyl (C=S) groups is 1. The van der Waals surface area contributed by atoms with E-state index in [4.69, 9.17) is 17.0 Å². The quantitative estimate of drug-likeness (QED) is 0.376. The van der Waals surface area contributed by atoms with E-state index in [2.05, 4.69) is 29.7 Å². The Morgan fingerprint density at radius 2 is 1.88 bits per heavy atom. The zero-order valence-corrected chi connectivity index (χ0v) is 22.1. The molecule has 0 spiro atoms. The number of anilines is 1. The van der Waals surface area contributed by atoms with E-state index < -0.39 is 0 Å². The van der Waals surface area contributed by atoms with Gasteiger partial charge in [-0.1, -0.05) is 44.2 Å². The summed E-state index contributed by atoms with van der Waals surface area (Å²) in [5.41, 5.74) is 1.24. The van der Waals surface area contributed by atoms with Crippen LogP contribution in [0.4, 0.5) is 5.82 Å². The van der Waals surface area contributed by atoms with E-state index in [0.717, 1.165) is 56.9 Å². The molecule has 0 unspecified atom stereocenters. The first-order valence-electron chi connectivity index (χ1n) is 11.8. The summed E-state index contributed by atoms with van der Waals surface area (Å²) in [6.45, 7) is 11.7. The number of pyridine rings is 1. The van der Waals surface area contributed by atoms with Gasteiger partial charge in [-0.15, -0.1) is 0 Å². The largest absolute Gasteiger partial charge is 0.383 e. The number of amides is 1. The van der Waals surface area contributed by atoms with Gasteiger partial charge in [0.1, 0.15) is 21.8 Å². The Hall–Kier alpha value is -2.19. The average molecular weight is 504 g/mol. The van der Waals surface area contributed by atoms with Crippen LogP contribution in [0.1, 0.15) is 43.4 Å². The Kier molecular flexibility index (Phi) is 9.31. The molecule has 2 aliphatic rings. The molecular weight excluding hydrogens is 470 g/mol. The van der Waals surface area contributed by atoms with Crippen LogP contribution in [0.5, 0.6) is 0 Å². The van der Waals surface area contributed by atoms with E-state index in [-0.39, 0.29) is 17.0 Å². The minimum Gasteiger partial charge on any atom is -0.383 e. The fraction of sp³-hybridized carbons (Fsp3) is 0.583. The summed E-state index contributed by atoms with van der Waals surface area (Å²) >= 11 is 6.69. The maximum atomic E-state index is 13.4. The molecule has 3 heterocycles. The lowest BCUT2D eigenvalue weighted by Gasteiger charge is -2.37. The summed E-state index contributed by atoms with van der Waals surface area (Å²) < 4.78 is 7.35. The van der Waals surface area contributed by atoms with Crippen molar-refractivity contribution < 1.29 is 9.53 Å². The normalized spacial score (nSPS) is 18.3. The van der Waals surface area contributed by atoms with Gasteiger partial charge in [0.05, 0.1) is 18.1 Å². The molecule has 1 aromatic rings. The lowest BCUT2D eigenvalue weighted by Crippen LogP contribution is -2.48. The highest BCUT2D eigenvalue weighted by atomic mass is 32.2. The first kappa shape index (κ1) is 26.4. The van der Waals surface area contributed by atoms with Crippen molar-refractivity contribution in [2.45, 2.75) is 40.2 Å². The van der Waals surface area contributed by atoms with Gasteiger partial charge in [-0.2, -0.15) is 5.26 Å². The van der Waals surface area contributed by atoms with Gasteiger partial charge in [0, 0.05) is 45.4 Å². The van der Waals surface area contributed by atoms with Crippen LogP contribution in [0, 0.1) is 18.3 Å². The molecule has 0 aromatic carbocycles. The Bertz CT molecular complexity index is 1070. The monoisotopic (exact) mass is 503 g/mol. The van der Waals surface area contributed by atoms with Gasteiger partial charge >= 0.3 is 0 Å². The van der Waals surface area contributed by atoms with Crippen LogP contribution in [0.25, 0.3) is 6.08 Å². The van der Waals surface area contributed by atoms with Gasteiger partial charge in [0.25, 0.3) is 11.5 Å². The number of methoxy groups -OCH3 is 1. The Balaban J connectivity index is 2.16. The molecule has 2 saturated heterocycles. The van der Waals surface area contributed by atoms with Crippen LogP contribution < -0.4 is 10.5 Å². The number of carbonyl (C=O) groups excluding carboxylic acids is 1. The maximum absolute atomic E-state index is 13.4. The van der Waals surface area contributed by atoms with Crippen molar-refractivity contribution in [3.05, 3.63) is 31.9 Å². The van der Waals surface area contributed by atoms with Crippen molar-refractivity contribution in [2.75, 3.05) is 57.9 Å². The highest BCUT2D eigenvalue weighted by Crippen LogP contribution is 2.36. The molecule has 1 aromatic heterocycles. The van der Waals surface area contributed by atoms with Crippen molar-refractivity contribution in [3.8, 4) is 6.07 Å². The molecule has 8 nitrogen and oxygen atoms in total. The first-order valence-corrected chi connectivity index (χ1v) is 13.0. The topological polar surface area (TPSA) is 81.8 Å². The standard InChI is InChI=1S/C24H33N5O3S2/c1-5-7-8-28-21(27-11-9-26(6-2)10-12-27)18(17(3)19(16-25)22(28)30)15-20-23(31)29(13-14-32-4)24(33)34-20/h15H,5-14H2,1-4H3/b20-15+. The lowest BCUT2D eigenvalue weighted by molar-refractivity contribution is -0.122. The summed E-state index contributed by atoms with van der Waals surface area (Å²) in [5, 5.41) is 9.82. The molecule has 184 valence electrons. The second-order valence-corrected chi connectivity index (χ2v) is 10.1. The zero-order valence-electron chi connectivity index (χ0n) is 20.4. The number of piperazine rings is 1. The molecule has 0 N–H and O–H groups in total. The first-order chi connectivity index (χ1) is 16.4. The van der Waals surface area contributed by atoms with E-state index >= 15 is 0 Å². The van der Waals surface area contributed by atoms with E-state index in [0.29, 0.717) is 34.5 Å². The third-order valence-corrected chi connectivity index (χ3v) is 7.75. The van der Waals surface area contributed by atoms with Crippen molar-refractivity contribution in [2.24, 2.45) is 0 Å². The van der Waals surface area contributed by atoms with E-state index in [1.54, 1.807) is 23.5 Å². The summed E-state index contributed by atoms with van der Waals surface area (Å²) in [6, 6.07) is 2.11. The third-order valence-electron chi connectivity index (χ3n) is 6.37. The highest BCUT2D eigenvalue weighted by molar-refractivity contribution is 8.26. The number of ether oxygens (including phenoxy) is 1. The predicted molar refractivity (Wildman–Crippen MR) is 141 cm³/mol. The summed E-state index contributed by atoms with van der Waals surface area (Å²) in [6.07, 6.45) is 3.58. The number of hydrogen-bond acceptors (Lipinski definition) is 8. The molecule has 0 radical (unpaired) electrons. The number of unbranched alkanes of at least 4 members (excludes halogenated alkanes) is 1. The van der Waals surface area contributed by atoms with Crippen LogP contribution in [-0.4, -0.2) is 77.6 Å². The average Bonchev–Trinajstić information content (AvgIpc) is 3.11. The predicted octanol–water partition coefficient (Wildman–Crippen LogP) is 2.82. The molecule has 10 heteroatoms. The summed E-state index contributed by atoms with van der Waals surface area (Å²) in [4.78, 5) is 33.1. The second kappa shape index (κ2) is 12.0. The molecule has 0 aliphatic carbocycles. The molecule has 0 bridgehead atoms. The van der Waals surface area contributed by atoms with Gasteiger partial charge in [0.15, 0.2) is 0 Å². The summed E-state index contributed by atoms with van der Waals surface area (Å²) in [5.74, 6) is 0.630. The minimum atomic E-state index is -0.258. The maximum Gasteiger partial charge on any atom is 0.270 e. The number of carbonyl (C=O) groups is 1. The van der Waals surface area contributed by atoms with E-state index in [1.165, 1.54) is 11.8 Å². The van der Waals surface area contributed by atoms with Gasteiger partial charge in [-0.25, -0.2) is 0 Å². The highest BCUT2D eigenvalue weighted by Gasteiger charge is 2.33. The van der Waals surface area contributed by atoms with E-state index in [1.807, 2.05) is 6.08 Å². The van der Waals surface area contributed by atoms with Crippen molar-refractivity contribution >= 4 is 46.1 Å². The molecule has 2 fully saturated rings. The van der Waals surface area contributed by atoms with Gasteiger partial charge < -0.3 is 14.5 Å². The van der Waals surface area contributed by atoms with Crippen molar-refractivity contribution in [1.29, 1.82) is 5.26 Å². The molecule has 34 heavy (non-hydrogen) atoms. The Morgan fingerprint density at radius 3 is 2.47 bits per heavy atom. The van der Waals surface area contributed by atoms with Crippen LogP contribution in [-0.2, 0) is 16.1 Å². The fourth-order valence-corrected chi connectivity index (χ4v) is 5.58. The van der Waals surface area contributed by atoms with Gasteiger partial charge in [0.2, 0.25) is 0 Å². The number of likely N-dealkylation sites (N-methyl/N-ethyl adjacent to an activating group) is 1. The second-order valence-electron chi connectivity index (χ2n) is 8.41. The van der Waals surface area contributed by atoms with Crippen LogP contribution in [0.3, 0.4) is 0 Å². The number of rotatable bonds is 9. The molecule has 0 saturated carbocycles. The number of aromatic nitrogens is 1. The van der Waals surface area contributed by atoms with E-state index in [9.17, 15) is 14.9 Å². The lowest BCUT2D eigenvalue weighted by atomic mass is 10.0. The molecule has 0 atom stereocenters. The molecular formula is C24H33N5O3S2. The van der Waals surface area contributed by atoms with Crippen molar-refractivity contribution in [1.82, 2.24) is 14.4 Å². The third kappa shape index (κ3) is 5.38. The smallest absolute Gasteiger partial charge is 0.270 e. The molecule has 1 amide bonds. The van der Waals surface area contributed by atoms with Gasteiger partial charge in [-0.3, -0.25) is 19.1 Å². The number of hydrogen-bond donors (Lipinski definition) is 0. The zero-order chi connectivity index (χ0) is 24.8. The summed E-state index contributed by atoms with van der Waals surface area (Å²) in [7, 11) is 1.59. The number of thioether (sulfide) groups is 1. The minimum absolute atomic E-state index is 0.133. The fourth-order valence-electron chi connectivity index (χ4n) is 4.29. The Labute approximate surface area is 211 Å². The molecule has 3 rings (SSSR count).